The van der Waals surface area contributed by atoms with Gasteiger partial charge in [-0.1, -0.05) is 72.3 Å². The van der Waals surface area contributed by atoms with Gasteiger partial charge in [-0.2, -0.15) is 0 Å². The second-order valence-electron chi connectivity index (χ2n) is 7.56. The summed E-state index contributed by atoms with van der Waals surface area (Å²) in [6.45, 7) is 0.725. The van der Waals surface area contributed by atoms with Crippen LogP contribution < -0.4 is 11.5 Å². The standard InChI is InChI=1S/C26H21ClN4/c27-21-11-5-17(6-12-21)16-31-14-13-30-26(31)19-9-7-18(8-10-19)23-15-20-3-1-2-4-22(20)24(28)25(23)29/h1-15H,16,28-29H2. The van der Waals surface area contributed by atoms with E-state index < -0.39 is 0 Å². The average molecular weight is 425 g/mol. The third-order valence-electron chi connectivity index (χ3n) is 5.57. The SMILES string of the molecule is Nc1c(-c2ccc(-c3nccn3Cc3ccc(Cl)cc3)cc2)cc2ccccc2c1N. The van der Waals surface area contributed by atoms with Crippen LogP contribution in [0.5, 0.6) is 0 Å². The number of hydrogen-bond acceptors (Lipinski definition) is 3. The van der Waals surface area contributed by atoms with Crippen LogP contribution in [0.2, 0.25) is 5.02 Å². The van der Waals surface area contributed by atoms with Gasteiger partial charge in [0.15, 0.2) is 0 Å². The molecule has 0 unspecified atom stereocenters. The molecule has 0 aliphatic carbocycles. The quantitative estimate of drug-likeness (QED) is 0.335. The van der Waals surface area contributed by atoms with E-state index in [2.05, 4.69) is 45.9 Å². The van der Waals surface area contributed by atoms with E-state index in [1.165, 1.54) is 5.56 Å². The number of fused-ring (bicyclic) bond motifs is 1. The molecule has 0 aliphatic heterocycles. The molecular weight excluding hydrogens is 404 g/mol. The van der Waals surface area contributed by atoms with Crippen molar-refractivity contribution >= 4 is 33.7 Å². The summed E-state index contributed by atoms with van der Waals surface area (Å²) in [6, 6.07) is 26.3. The Balaban J connectivity index is 1.48. The van der Waals surface area contributed by atoms with Crippen LogP contribution in [0.3, 0.4) is 0 Å². The molecular formula is C26H21ClN4. The second kappa shape index (κ2) is 7.82. The van der Waals surface area contributed by atoms with E-state index in [1.54, 1.807) is 0 Å². The van der Waals surface area contributed by atoms with Gasteiger partial charge in [0, 0.05) is 40.5 Å². The molecule has 0 saturated heterocycles. The van der Waals surface area contributed by atoms with E-state index in [0.29, 0.717) is 11.4 Å². The summed E-state index contributed by atoms with van der Waals surface area (Å²) in [5.74, 6) is 0.910. The molecule has 0 atom stereocenters. The monoisotopic (exact) mass is 424 g/mol. The van der Waals surface area contributed by atoms with Gasteiger partial charge in [0.2, 0.25) is 0 Å². The van der Waals surface area contributed by atoms with Crippen molar-refractivity contribution in [1.29, 1.82) is 0 Å². The van der Waals surface area contributed by atoms with Crippen molar-refractivity contribution in [2.24, 2.45) is 0 Å². The zero-order valence-electron chi connectivity index (χ0n) is 16.8. The second-order valence-corrected chi connectivity index (χ2v) is 7.99. The topological polar surface area (TPSA) is 69.9 Å². The molecule has 31 heavy (non-hydrogen) atoms. The van der Waals surface area contributed by atoms with Gasteiger partial charge in [-0.15, -0.1) is 0 Å². The molecule has 5 aromatic rings. The van der Waals surface area contributed by atoms with Gasteiger partial charge in [-0.3, -0.25) is 0 Å². The van der Waals surface area contributed by atoms with E-state index in [-0.39, 0.29) is 0 Å². The Labute approximate surface area is 185 Å². The molecule has 0 radical (unpaired) electrons. The number of aromatic nitrogens is 2. The molecule has 4 N–H and O–H groups in total. The minimum Gasteiger partial charge on any atom is -0.397 e. The molecule has 0 aliphatic rings. The van der Waals surface area contributed by atoms with Gasteiger partial charge in [0.05, 0.1) is 11.4 Å². The zero-order chi connectivity index (χ0) is 21.4. The third-order valence-corrected chi connectivity index (χ3v) is 5.82. The van der Waals surface area contributed by atoms with Crippen molar-refractivity contribution in [2.75, 3.05) is 11.5 Å². The molecule has 1 heterocycles. The molecule has 0 bridgehead atoms. The average Bonchev–Trinajstić information content (AvgIpc) is 3.26. The number of halogens is 1. The summed E-state index contributed by atoms with van der Waals surface area (Å²) in [6.07, 6.45) is 3.81. The summed E-state index contributed by atoms with van der Waals surface area (Å²) >= 11 is 6.00. The Hall–Kier alpha value is -3.76. The Morgan fingerprint density at radius 1 is 0.806 bits per heavy atom. The molecule has 4 nitrogen and oxygen atoms in total. The van der Waals surface area contributed by atoms with Crippen molar-refractivity contribution < 1.29 is 0 Å². The Morgan fingerprint density at radius 3 is 2.29 bits per heavy atom. The van der Waals surface area contributed by atoms with Crippen LogP contribution in [-0.4, -0.2) is 9.55 Å². The number of rotatable bonds is 4. The lowest BCUT2D eigenvalue weighted by Crippen LogP contribution is -2.01. The first kappa shape index (κ1) is 19.2. The number of nitrogens with zero attached hydrogens (tertiary/aromatic N) is 2. The van der Waals surface area contributed by atoms with E-state index >= 15 is 0 Å². The molecule has 0 fully saturated rings. The fourth-order valence-electron chi connectivity index (χ4n) is 3.91. The number of benzene rings is 4. The zero-order valence-corrected chi connectivity index (χ0v) is 17.6. The molecule has 5 rings (SSSR count). The van der Waals surface area contributed by atoms with Gasteiger partial charge < -0.3 is 16.0 Å². The summed E-state index contributed by atoms with van der Waals surface area (Å²) in [5.41, 5.74) is 18.1. The van der Waals surface area contributed by atoms with Crippen LogP contribution in [0.1, 0.15) is 5.56 Å². The van der Waals surface area contributed by atoms with Gasteiger partial charge in [0.25, 0.3) is 0 Å². The summed E-state index contributed by atoms with van der Waals surface area (Å²) in [4.78, 5) is 4.57. The van der Waals surface area contributed by atoms with Crippen molar-refractivity contribution in [3.05, 3.63) is 102 Å². The number of nitrogen functional groups attached to an aromatic ring is 2. The third kappa shape index (κ3) is 3.62. The fourth-order valence-corrected chi connectivity index (χ4v) is 4.04. The Kier molecular flexibility index (Phi) is 4.85. The lowest BCUT2D eigenvalue weighted by molar-refractivity contribution is 0.807. The summed E-state index contributed by atoms with van der Waals surface area (Å²) in [7, 11) is 0. The highest BCUT2D eigenvalue weighted by atomic mass is 35.5. The molecule has 0 saturated carbocycles. The Morgan fingerprint density at radius 2 is 1.52 bits per heavy atom. The number of hydrogen-bond donors (Lipinski definition) is 2. The van der Waals surface area contributed by atoms with Crippen molar-refractivity contribution in [3.63, 3.8) is 0 Å². The van der Waals surface area contributed by atoms with Gasteiger partial charge >= 0.3 is 0 Å². The fraction of sp³-hybridized carbons (Fsp3) is 0.0385. The Bertz CT molecular complexity index is 1370. The normalized spacial score (nSPS) is 11.1. The van der Waals surface area contributed by atoms with Gasteiger partial charge in [0.1, 0.15) is 5.82 Å². The minimum absolute atomic E-state index is 0.607. The first-order valence-corrected chi connectivity index (χ1v) is 10.4. The number of nitrogens with two attached hydrogens (primary N) is 2. The van der Waals surface area contributed by atoms with Crippen molar-refractivity contribution in [3.8, 4) is 22.5 Å². The van der Waals surface area contributed by atoms with Crippen LogP contribution >= 0.6 is 11.6 Å². The van der Waals surface area contributed by atoms with E-state index in [0.717, 1.165) is 44.9 Å². The van der Waals surface area contributed by atoms with Gasteiger partial charge in [-0.25, -0.2) is 4.98 Å². The maximum absolute atomic E-state index is 6.38. The van der Waals surface area contributed by atoms with Crippen LogP contribution in [0.4, 0.5) is 11.4 Å². The van der Waals surface area contributed by atoms with Gasteiger partial charge in [-0.05, 0) is 34.7 Å². The van der Waals surface area contributed by atoms with Crippen molar-refractivity contribution in [1.82, 2.24) is 9.55 Å². The van der Waals surface area contributed by atoms with E-state index in [1.807, 2.05) is 54.9 Å². The lowest BCUT2D eigenvalue weighted by atomic mass is 9.97. The highest BCUT2D eigenvalue weighted by Crippen LogP contribution is 2.37. The smallest absolute Gasteiger partial charge is 0.140 e. The number of imidazole rings is 1. The lowest BCUT2D eigenvalue weighted by Gasteiger charge is -2.13. The molecule has 152 valence electrons. The summed E-state index contributed by atoms with van der Waals surface area (Å²) < 4.78 is 2.13. The van der Waals surface area contributed by atoms with E-state index in [9.17, 15) is 0 Å². The van der Waals surface area contributed by atoms with Crippen molar-refractivity contribution in [2.45, 2.75) is 6.54 Å². The number of anilines is 2. The molecule has 4 aromatic carbocycles. The highest BCUT2D eigenvalue weighted by Gasteiger charge is 2.12. The largest absolute Gasteiger partial charge is 0.397 e. The van der Waals surface area contributed by atoms with Crippen LogP contribution in [0.15, 0.2) is 91.3 Å². The van der Waals surface area contributed by atoms with Crippen LogP contribution in [0, 0.1) is 0 Å². The summed E-state index contributed by atoms with van der Waals surface area (Å²) in [5, 5.41) is 2.79. The molecule has 0 spiro atoms. The maximum atomic E-state index is 6.38. The molecule has 0 amide bonds. The highest BCUT2D eigenvalue weighted by molar-refractivity contribution is 6.30. The van der Waals surface area contributed by atoms with E-state index in [4.69, 9.17) is 23.1 Å². The maximum Gasteiger partial charge on any atom is 0.140 e. The van der Waals surface area contributed by atoms with Crippen LogP contribution in [-0.2, 0) is 6.54 Å². The predicted molar refractivity (Wildman–Crippen MR) is 130 cm³/mol. The molecule has 1 aromatic heterocycles. The minimum atomic E-state index is 0.607. The van der Waals surface area contributed by atoms with Crippen LogP contribution in [0.25, 0.3) is 33.3 Å². The predicted octanol–water partition coefficient (Wildman–Crippen LogP) is 6.24. The molecule has 5 heteroatoms. The first-order chi connectivity index (χ1) is 15.1. The first-order valence-electron chi connectivity index (χ1n) is 10.0.